The average molecular weight is 261 g/mol. The van der Waals surface area contributed by atoms with E-state index in [9.17, 15) is 9.18 Å². The highest BCUT2D eigenvalue weighted by molar-refractivity contribution is 6.31. The first-order chi connectivity index (χ1) is 8.65. The first-order valence-electron chi connectivity index (χ1n) is 5.73. The second-order valence-corrected chi connectivity index (χ2v) is 4.90. The fraction of sp³-hybridized carbons (Fsp3) is 0.133. The predicted octanol–water partition coefficient (Wildman–Crippen LogP) is 4.20. The van der Waals surface area contributed by atoms with E-state index in [0.717, 1.165) is 11.1 Å². The van der Waals surface area contributed by atoms with Crippen molar-refractivity contribution in [2.75, 3.05) is 0 Å². The van der Waals surface area contributed by atoms with Crippen molar-refractivity contribution in [2.24, 2.45) is 0 Å². The molecule has 0 aliphatic heterocycles. The van der Waals surface area contributed by atoms with Crippen LogP contribution in [0.25, 0.3) is 0 Å². The number of halogens is 2. The van der Waals surface area contributed by atoms with Gasteiger partial charge >= 0.3 is 0 Å². The van der Waals surface area contributed by atoms with Crippen molar-refractivity contribution in [3.63, 3.8) is 0 Å². The molecular formula is C15H10ClFO. The van der Waals surface area contributed by atoms with Gasteiger partial charge in [0.2, 0.25) is 0 Å². The topological polar surface area (TPSA) is 17.1 Å². The minimum Gasteiger partial charge on any atom is -0.294 e. The van der Waals surface area contributed by atoms with Crippen molar-refractivity contribution in [2.45, 2.75) is 12.3 Å². The molecule has 2 aromatic carbocycles. The van der Waals surface area contributed by atoms with Gasteiger partial charge in [0.1, 0.15) is 5.82 Å². The van der Waals surface area contributed by atoms with Crippen molar-refractivity contribution in [3.8, 4) is 0 Å². The third-order valence-electron chi connectivity index (χ3n) is 3.35. The van der Waals surface area contributed by atoms with Crippen LogP contribution in [0.2, 0.25) is 5.02 Å². The molecule has 0 N–H and O–H groups in total. The average Bonchev–Trinajstić information content (AvgIpc) is 2.68. The van der Waals surface area contributed by atoms with E-state index in [4.69, 9.17) is 11.6 Å². The summed E-state index contributed by atoms with van der Waals surface area (Å²) in [6, 6.07) is 11.7. The lowest BCUT2D eigenvalue weighted by Gasteiger charge is -2.11. The van der Waals surface area contributed by atoms with E-state index in [2.05, 4.69) is 0 Å². The molecule has 1 aliphatic rings. The molecule has 1 aliphatic carbocycles. The largest absolute Gasteiger partial charge is 0.294 e. The Kier molecular flexibility index (Phi) is 2.67. The Morgan fingerprint density at radius 3 is 2.56 bits per heavy atom. The zero-order chi connectivity index (χ0) is 12.7. The number of benzene rings is 2. The standard InChI is InChI=1S/C15H10ClFO/c16-10-3-6-12-13(8-15(18)14(12)7-10)9-1-4-11(17)5-2-9/h1-7,13H,8H2/t13-/m1/s1. The Balaban J connectivity index is 2.07. The summed E-state index contributed by atoms with van der Waals surface area (Å²) in [4.78, 5) is 11.9. The van der Waals surface area contributed by atoms with Crippen molar-refractivity contribution in [1.82, 2.24) is 0 Å². The molecule has 0 radical (unpaired) electrons. The highest BCUT2D eigenvalue weighted by Crippen LogP contribution is 2.38. The molecule has 18 heavy (non-hydrogen) atoms. The van der Waals surface area contributed by atoms with E-state index < -0.39 is 0 Å². The highest BCUT2D eigenvalue weighted by atomic mass is 35.5. The Labute approximate surface area is 109 Å². The highest BCUT2D eigenvalue weighted by Gasteiger charge is 2.30. The van der Waals surface area contributed by atoms with Crippen LogP contribution in [0.3, 0.4) is 0 Å². The monoisotopic (exact) mass is 260 g/mol. The van der Waals surface area contributed by atoms with Gasteiger partial charge in [-0.3, -0.25) is 4.79 Å². The lowest BCUT2D eigenvalue weighted by Crippen LogP contribution is -1.96. The van der Waals surface area contributed by atoms with Crippen LogP contribution in [-0.4, -0.2) is 5.78 Å². The summed E-state index contributed by atoms with van der Waals surface area (Å²) in [5.74, 6) is -0.147. The maximum Gasteiger partial charge on any atom is 0.164 e. The summed E-state index contributed by atoms with van der Waals surface area (Å²) < 4.78 is 12.9. The second kappa shape index (κ2) is 4.21. The molecule has 90 valence electrons. The summed E-state index contributed by atoms with van der Waals surface area (Å²) >= 11 is 5.90. The predicted molar refractivity (Wildman–Crippen MR) is 68.6 cm³/mol. The molecule has 0 saturated heterocycles. The van der Waals surface area contributed by atoms with E-state index in [-0.39, 0.29) is 17.5 Å². The summed E-state index contributed by atoms with van der Waals surface area (Å²) in [6.45, 7) is 0. The Morgan fingerprint density at radius 2 is 1.83 bits per heavy atom. The van der Waals surface area contributed by atoms with Crippen molar-refractivity contribution in [1.29, 1.82) is 0 Å². The number of hydrogen-bond acceptors (Lipinski definition) is 1. The van der Waals surface area contributed by atoms with Gasteiger partial charge < -0.3 is 0 Å². The van der Waals surface area contributed by atoms with E-state index in [1.54, 1.807) is 24.3 Å². The summed E-state index contributed by atoms with van der Waals surface area (Å²) in [5, 5.41) is 0.571. The number of carbonyl (C=O) groups is 1. The van der Waals surface area contributed by atoms with E-state index in [1.165, 1.54) is 12.1 Å². The van der Waals surface area contributed by atoms with E-state index in [1.807, 2.05) is 6.07 Å². The van der Waals surface area contributed by atoms with Gasteiger partial charge in [-0.2, -0.15) is 0 Å². The first-order valence-corrected chi connectivity index (χ1v) is 6.11. The molecule has 1 atom stereocenters. The van der Waals surface area contributed by atoms with Crippen LogP contribution >= 0.6 is 11.6 Å². The van der Waals surface area contributed by atoms with Gasteiger partial charge in [0.05, 0.1) is 0 Å². The van der Waals surface area contributed by atoms with Crippen LogP contribution in [0.15, 0.2) is 42.5 Å². The Bertz CT molecular complexity index is 619. The number of ketones is 1. The van der Waals surface area contributed by atoms with Crippen molar-refractivity contribution in [3.05, 3.63) is 70.0 Å². The number of fused-ring (bicyclic) bond motifs is 1. The molecule has 0 fully saturated rings. The molecule has 3 rings (SSSR count). The molecule has 1 nitrogen and oxygen atoms in total. The third kappa shape index (κ3) is 1.83. The van der Waals surface area contributed by atoms with Crippen LogP contribution in [0.1, 0.15) is 33.8 Å². The number of hydrogen-bond donors (Lipinski definition) is 0. The molecule has 2 aromatic rings. The molecule has 0 aromatic heterocycles. The SMILES string of the molecule is O=C1C[C@H](c2ccc(F)cc2)c2ccc(Cl)cc21. The molecular weight excluding hydrogens is 251 g/mol. The maximum absolute atomic E-state index is 12.9. The van der Waals surface area contributed by atoms with Gasteiger partial charge in [-0.05, 0) is 35.4 Å². The Morgan fingerprint density at radius 1 is 1.11 bits per heavy atom. The Hall–Kier alpha value is -1.67. The van der Waals surface area contributed by atoms with E-state index in [0.29, 0.717) is 17.0 Å². The lowest BCUT2D eigenvalue weighted by atomic mass is 9.93. The summed E-state index contributed by atoms with van der Waals surface area (Å²) in [5.41, 5.74) is 2.64. The molecule has 0 heterocycles. The van der Waals surface area contributed by atoms with Crippen LogP contribution in [0, 0.1) is 5.82 Å². The number of carbonyl (C=O) groups excluding carboxylic acids is 1. The van der Waals surface area contributed by atoms with Gasteiger partial charge in [0, 0.05) is 22.9 Å². The number of Topliss-reactive ketones (excluding diaryl/α,β-unsaturated/α-hetero) is 1. The van der Waals surface area contributed by atoms with E-state index >= 15 is 0 Å². The van der Waals surface area contributed by atoms with Gasteiger partial charge in [-0.1, -0.05) is 29.8 Å². The van der Waals surface area contributed by atoms with Crippen molar-refractivity contribution >= 4 is 17.4 Å². The maximum atomic E-state index is 12.9. The van der Waals surface area contributed by atoms with Crippen LogP contribution in [0.5, 0.6) is 0 Å². The quantitative estimate of drug-likeness (QED) is 0.751. The van der Waals surface area contributed by atoms with Gasteiger partial charge in [-0.25, -0.2) is 4.39 Å². The summed E-state index contributed by atoms with van der Waals surface area (Å²) in [7, 11) is 0. The molecule has 0 amide bonds. The van der Waals surface area contributed by atoms with Crippen LogP contribution in [0.4, 0.5) is 4.39 Å². The molecule has 0 unspecified atom stereocenters. The minimum absolute atomic E-state index is 0.0189. The second-order valence-electron chi connectivity index (χ2n) is 4.46. The van der Waals surface area contributed by atoms with Gasteiger partial charge in [-0.15, -0.1) is 0 Å². The first kappa shape index (κ1) is 11.4. The van der Waals surface area contributed by atoms with Crippen molar-refractivity contribution < 1.29 is 9.18 Å². The fourth-order valence-corrected chi connectivity index (χ4v) is 2.64. The third-order valence-corrected chi connectivity index (χ3v) is 3.59. The molecule has 0 spiro atoms. The molecule has 0 saturated carbocycles. The van der Waals surface area contributed by atoms with Gasteiger partial charge in [0.25, 0.3) is 0 Å². The molecule has 3 heteroatoms. The fourth-order valence-electron chi connectivity index (χ4n) is 2.47. The smallest absolute Gasteiger partial charge is 0.164 e. The summed E-state index contributed by atoms with van der Waals surface area (Å²) in [6.07, 6.45) is 0.432. The normalized spacial score (nSPS) is 17.9. The molecule has 0 bridgehead atoms. The number of rotatable bonds is 1. The zero-order valence-electron chi connectivity index (χ0n) is 9.49. The lowest BCUT2D eigenvalue weighted by molar-refractivity contribution is 0.0991. The minimum atomic E-state index is -0.264. The van der Waals surface area contributed by atoms with Gasteiger partial charge in [0.15, 0.2) is 5.78 Å². The van der Waals surface area contributed by atoms with Crippen LogP contribution in [-0.2, 0) is 0 Å². The zero-order valence-corrected chi connectivity index (χ0v) is 10.2. The van der Waals surface area contributed by atoms with Crippen LogP contribution < -0.4 is 0 Å².